The standard InChI is InChI=1S/C28H26BrF3N4O5/c1-2-3-13-40-23-10-8-21(9-11-23)35-26(38)27(39)36-33-16-18-14-20(29)7-12-24(18)41-17-25(37)34-22-6-4-5-19(15-22)28(30,31)32/h4-12,14-16H,2-3,13,17H2,1H3,(H,34,37)(H,35,38)(H,36,39)/b33-16-. The Morgan fingerprint density at radius 3 is 2.39 bits per heavy atom. The Hall–Kier alpha value is -4.39. The van der Waals surface area contributed by atoms with Gasteiger partial charge >= 0.3 is 18.0 Å². The minimum Gasteiger partial charge on any atom is -0.494 e. The van der Waals surface area contributed by atoms with Gasteiger partial charge in [-0.3, -0.25) is 14.4 Å². The number of hydrazone groups is 1. The zero-order chi connectivity index (χ0) is 29.8. The van der Waals surface area contributed by atoms with Gasteiger partial charge in [0.1, 0.15) is 11.5 Å². The van der Waals surface area contributed by atoms with E-state index in [2.05, 4.69) is 44.0 Å². The number of nitrogens with zero attached hydrogens (tertiary/aromatic N) is 1. The summed E-state index contributed by atoms with van der Waals surface area (Å²) in [6.07, 6.45) is -1.41. The van der Waals surface area contributed by atoms with Gasteiger partial charge in [0.25, 0.3) is 5.91 Å². The van der Waals surface area contributed by atoms with Crippen LogP contribution in [0.1, 0.15) is 30.9 Å². The molecule has 41 heavy (non-hydrogen) atoms. The van der Waals surface area contributed by atoms with Gasteiger partial charge in [0.15, 0.2) is 6.61 Å². The monoisotopic (exact) mass is 634 g/mol. The highest BCUT2D eigenvalue weighted by Gasteiger charge is 2.30. The molecule has 0 aliphatic heterocycles. The molecule has 0 radical (unpaired) electrons. The normalized spacial score (nSPS) is 11.1. The molecule has 0 spiro atoms. The van der Waals surface area contributed by atoms with Crippen molar-refractivity contribution in [3.63, 3.8) is 0 Å². The molecule has 0 saturated carbocycles. The molecule has 9 nitrogen and oxygen atoms in total. The summed E-state index contributed by atoms with van der Waals surface area (Å²) in [7, 11) is 0. The number of benzene rings is 3. The lowest BCUT2D eigenvalue weighted by Gasteiger charge is -2.12. The van der Waals surface area contributed by atoms with Crippen LogP contribution < -0.4 is 25.5 Å². The number of carbonyl (C=O) groups is 3. The summed E-state index contributed by atoms with van der Waals surface area (Å²) >= 11 is 3.30. The van der Waals surface area contributed by atoms with Gasteiger partial charge in [-0.05, 0) is 67.1 Å². The van der Waals surface area contributed by atoms with Crippen LogP contribution in [0.3, 0.4) is 0 Å². The smallest absolute Gasteiger partial charge is 0.416 e. The maximum atomic E-state index is 12.9. The van der Waals surface area contributed by atoms with Crippen molar-refractivity contribution in [2.24, 2.45) is 5.10 Å². The molecule has 0 heterocycles. The van der Waals surface area contributed by atoms with Crippen LogP contribution in [0, 0.1) is 0 Å². The average molecular weight is 635 g/mol. The van der Waals surface area contributed by atoms with Gasteiger partial charge in [-0.1, -0.05) is 35.3 Å². The van der Waals surface area contributed by atoms with Crippen molar-refractivity contribution >= 4 is 51.2 Å². The number of hydrogen-bond donors (Lipinski definition) is 3. The molecule has 0 bridgehead atoms. The Balaban J connectivity index is 1.53. The molecule has 3 aromatic rings. The van der Waals surface area contributed by atoms with E-state index in [4.69, 9.17) is 9.47 Å². The second kappa shape index (κ2) is 14.8. The number of unbranched alkanes of at least 4 members (excludes halogenated alkanes) is 1. The fourth-order valence-corrected chi connectivity index (χ4v) is 3.61. The van der Waals surface area contributed by atoms with E-state index in [0.29, 0.717) is 28.1 Å². The Labute approximate surface area is 242 Å². The first-order chi connectivity index (χ1) is 19.5. The van der Waals surface area contributed by atoms with Gasteiger partial charge in [0.05, 0.1) is 18.4 Å². The third-order valence-electron chi connectivity index (χ3n) is 5.26. The molecular weight excluding hydrogens is 609 g/mol. The van der Waals surface area contributed by atoms with E-state index < -0.39 is 36.1 Å². The predicted molar refractivity (Wildman–Crippen MR) is 151 cm³/mol. The quantitative estimate of drug-likeness (QED) is 0.107. The minimum absolute atomic E-state index is 0.0387. The van der Waals surface area contributed by atoms with E-state index in [1.54, 1.807) is 36.4 Å². The van der Waals surface area contributed by atoms with Gasteiger partial charge in [0, 0.05) is 21.4 Å². The fourth-order valence-electron chi connectivity index (χ4n) is 3.23. The van der Waals surface area contributed by atoms with Crippen molar-refractivity contribution < 1.29 is 37.0 Å². The van der Waals surface area contributed by atoms with E-state index in [0.717, 1.165) is 25.0 Å². The summed E-state index contributed by atoms with van der Waals surface area (Å²) in [5, 5.41) is 8.57. The molecule has 0 unspecified atom stereocenters. The molecule has 0 saturated heterocycles. The Morgan fingerprint density at radius 1 is 0.927 bits per heavy atom. The fraction of sp³-hybridized carbons (Fsp3) is 0.214. The van der Waals surface area contributed by atoms with Gasteiger partial charge in [-0.15, -0.1) is 0 Å². The van der Waals surface area contributed by atoms with Crippen molar-refractivity contribution in [2.45, 2.75) is 25.9 Å². The topological polar surface area (TPSA) is 118 Å². The maximum absolute atomic E-state index is 12.9. The first-order valence-electron chi connectivity index (χ1n) is 12.3. The highest BCUT2D eigenvalue weighted by Crippen LogP contribution is 2.30. The number of amides is 3. The number of anilines is 2. The number of carbonyl (C=O) groups excluding carboxylic acids is 3. The summed E-state index contributed by atoms with van der Waals surface area (Å²) < 4.78 is 50.4. The van der Waals surface area contributed by atoms with Crippen LogP contribution in [-0.4, -0.2) is 37.1 Å². The van der Waals surface area contributed by atoms with E-state index in [9.17, 15) is 27.6 Å². The molecule has 0 aromatic heterocycles. The van der Waals surface area contributed by atoms with Crippen molar-refractivity contribution in [1.29, 1.82) is 0 Å². The average Bonchev–Trinajstić information content (AvgIpc) is 2.93. The molecule has 0 atom stereocenters. The summed E-state index contributed by atoms with van der Waals surface area (Å²) in [5.74, 6) is -1.83. The third-order valence-corrected chi connectivity index (χ3v) is 5.75. The van der Waals surface area contributed by atoms with Crippen molar-refractivity contribution in [3.8, 4) is 11.5 Å². The highest BCUT2D eigenvalue weighted by atomic mass is 79.9. The molecule has 0 fully saturated rings. The Kier molecular flexibility index (Phi) is 11.3. The van der Waals surface area contributed by atoms with E-state index >= 15 is 0 Å². The van der Waals surface area contributed by atoms with E-state index in [1.165, 1.54) is 24.4 Å². The minimum atomic E-state index is -4.55. The lowest BCUT2D eigenvalue weighted by molar-refractivity contribution is -0.137. The van der Waals surface area contributed by atoms with E-state index in [-0.39, 0.29) is 11.4 Å². The maximum Gasteiger partial charge on any atom is 0.416 e. The number of halogens is 4. The molecule has 3 N–H and O–H groups in total. The molecule has 13 heteroatoms. The first kappa shape index (κ1) is 31.1. The first-order valence-corrected chi connectivity index (χ1v) is 13.1. The van der Waals surface area contributed by atoms with Crippen molar-refractivity contribution in [2.75, 3.05) is 23.8 Å². The molecule has 0 aliphatic carbocycles. The predicted octanol–water partition coefficient (Wildman–Crippen LogP) is 5.75. The largest absolute Gasteiger partial charge is 0.494 e. The highest BCUT2D eigenvalue weighted by molar-refractivity contribution is 9.10. The summed E-state index contributed by atoms with van der Waals surface area (Å²) in [5.41, 5.74) is 1.90. The van der Waals surface area contributed by atoms with Crippen LogP contribution in [0.2, 0.25) is 0 Å². The molecule has 3 amide bonds. The van der Waals surface area contributed by atoms with Gasteiger partial charge in [-0.25, -0.2) is 5.43 Å². The second-order valence-electron chi connectivity index (χ2n) is 8.48. The van der Waals surface area contributed by atoms with Crippen molar-refractivity contribution in [3.05, 3.63) is 82.3 Å². The number of rotatable bonds is 11. The van der Waals surface area contributed by atoms with Crippen LogP contribution in [0.25, 0.3) is 0 Å². The molecule has 3 aromatic carbocycles. The molecular formula is C28H26BrF3N4O5. The second-order valence-corrected chi connectivity index (χ2v) is 9.39. The van der Waals surface area contributed by atoms with Crippen LogP contribution in [0.5, 0.6) is 11.5 Å². The van der Waals surface area contributed by atoms with Gasteiger partial charge < -0.3 is 20.1 Å². The van der Waals surface area contributed by atoms with E-state index in [1.807, 2.05) is 0 Å². The summed E-state index contributed by atoms with van der Waals surface area (Å²) in [4.78, 5) is 36.7. The number of nitrogens with one attached hydrogen (secondary N) is 3. The molecule has 3 rings (SSSR count). The van der Waals surface area contributed by atoms with Crippen LogP contribution in [-0.2, 0) is 20.6 Å². The summed E-state index contributed by atoms with van der Waals surface area (Å²) in [6, 6.07) is 15.5. The number of hydrogen-bond acceptors (Lipinski definition) is 6. The number of alkyl halides is 3. The molecule has 216 valence electrons. The SMILES string of the molecule is CCCCOc1ccc(NC(=O)C(=O)N/N=C\c2cc(Br)ccc2OCC(=O)Nc2cccc(C(F)(F)F)c2)cc1. The third kappa shape index (κ3) is 10.3. The zero-order valence-electron chi connectivity index (χ0n) is 21.8. The van der Waals surface area contributed by atoms with Crippen LogP contribution in [0.4, 0.5) is 24.5 Å². The lowest BCUT2D eigenvalue weighted by Crippen LogP contribution is -2.32. The molecule has 0 aliphatic rings. The summed E-state index contributed by atoms with van der Waals surface area (Å²) in [6.45, 7) is 2.12. The lowest BCUT2D eigenvalue weighted by atomic mass is 10.2. The van der Waals surface area contributed by atoms with Crippen molar-refractivity contribution in [1.82, 2.24) is 5.43 Å². The van der Waals surface area contributed by atoms with Crippen LogP contribution >= 0.6 is 15.9 Å². The van der Waals surface area contributed by atoms with Crippen LogP contribution in [0.15, 0.2) is 76.3 Å². The number of ether oxygens (including phenoxy) is 2. The Bertz CT molecular complexity index is 1400. The zero-order valence-corrected chi connectivity index (χ0v) is 23.3. The Morgan fingerprint density at radius 2 is 1.68 bits per heavy atom. The van der Waals surface area contributed by atoms with Gasteiger partial charge in [-0.2, -0.15) is 18.3 Å². The van der Waals surface area contributed by atoms with Gasteiger partial charge in [0.2, 0.25) is 0 Å².